The molecule has 21 heavy (non-hydrogen) atoms. The highest BCUT2D eigenvalue weighted by Crippen LogP contribution is 2.37. The minimum absolute atomic E-state index is 0.299. The molecule has 0 spiro atoms. The summed E-state index contributed by atoms with van der Waals surface area (Å²) in [7, 11) is 0. The molecule has 1 aromatic heterocycles. The molecule has 5 nitrogen and oxygen atoms in total. The number of aromatic nitrogens is 1. The number of nitrogens with one attached hydrogen (secondary N) is 2. The quantitative estimate of drug-likeness (QED) is 0.907. The van der Waals surface area contributed by atoms with E-state index < -0.39 is 0 Å². The molecular weight excluding hydrogens is 266 g/mol. The Morgan fingerprint density at radius 2 is 2.14 bits per heavy atom. The smallest absolute Gasteiger partial charge is 0.231 e. The Morgan fingerprint density at radius 3 is 3.00 bits per heavy atom. The van der Waals surface area contributed by atoms with Gasteiger partial charge in [-0.1, -0.05) is 6.42 Å². The molecular formula is C16H19N3O2. The fourth-order valence-electron chi connectivity index (χ4n) is 3.02. The van der Waals surface area contributed by atoms with Crippen LogP contribution in [0.4, 0.5) is 5.82 Å². The lowest BCUT2D eigenvalue weighted by Crippen LogP contribution is -2.39. The highest BCUT2D eigenvalue weighted by atomic mass is 16.7. The minimum Gasteiger partial charge on any atom is -0.454 e. The minimum atomic E-state index is 0.299. The summed E-state index contributed by atoms with van der Waals surface area (Å²) in [5, 5.41) is 9.22. The number of piperidine rings is 1. The third kappa shape index (κ3) is 2.49. The van der Waals surface area contributed by atoms with Gasteiger partial charge in [0.05, 0.1) is 0 Å². The van der Waals surface area contributed by atoms with E-state index in [0.29, 0.717) is 12.8 Å². The van der Waals surface area contributed by atoms with Crippen LogP contribution in [0.5, 0.6) is 11.5 Å². The zero-order valence-electron chi connectivity index (χ0n) is 11.9. The van der Waals surface area contributed by atoms with Crippen LogP contribution in [0.1, 0.15) is 19.3 Å². The maximum absolute atomic E-state index is 5.47. The zero-order chi connectivity index (χ0) is 14.1. The van der Waals surface area contributed by atoms with Crippen molar-refractivity contribution in [3.05, 3.63) is 24.4 Å². The van der Waals surface area contributed by atoms with Crippen molar-refractivity contribution >= 4 is 16.6 Å². The van der Waals surface area contributed by atoms with E-state index in [1.165, 1.54) is 19.3 Å². The van der Waals surface area contributed by atoms with Crippen LogP contribution >= 0.6 is 0 Å². The Balaban J connectivity index is 1.59. The number of benzene rings is 1. The molecule has 1 saturated heterocycles. The number of ether oxygens (including phenoxy) is 2. The average Bonchev–Trinajstić information content (AvgIpc) is 2.99. The number of rotatable bonds is 3. The van der Waals surface area contributed by atoms with Gasteiger partial charge in [0.15, 0.2) is 11.5 Å². The highest BCUT2D eigenvalue weighted by Gasteiger charge is 2.17. The van der Waals surface area contributed by atoms with E-state index >= 15 is 0 Å². The fourth-order valence-corrected chi connectivity index (χ4v) is 3.02. The summed E-state index contributed by atoms with van der Waals surface area (Å²) in [6, 6.07) is 6.57. The first-order valence-electron chi connectivity index (χ1n) is 7.56. The molecule has 2 aromatic rings. The van der Waals surface area contributed by atoms with Crippen molar-refractivity contribution in [2.24, 2.45) is 0 Å². The lowest BCUT2D eigenvalue weighted by atomic mass is 10.0. The van der Waals surface area contributed by atoms with Gasteiger partial charge in [0, 0.05) is 24.2 Å². The van der Waals surface area contributed by atoms with E-state index in [2.05, 4.69) is 15.6 Å². The van der Waals surface area contributed by atoms with Crippen molar-refractivity contribution in [1.29, 1.82) is 0 Å². The Labute approximate surface area is 123 Å². The molecule has 0 saturated carbocycles. The summed E-state index contributed by atoms with van der Waals surface area (Å²) in [4.78, 5) is 4.48. The number of pyridine rings is 1. The van der Waals surface area contributed by atoms with Gasteiger partial charge in [0.1, 0.15) is 5.82 Å². The second-order valence-corrected chi connectivity index (χ2v) is 5.61. The Morgan fingerprint density at radius 1 is 1.24 bits per heavy atom. The van der Waals surface area contributed by atoms with Crippen LogP contribution < -0.4 is 20.1 Å². The number of nitrogens with zero attached hydrogens (tertiary/aromatic N) is 1. The molecule has 2 aliphatic rings. The van der Waals surface area contributed by atoms with E-state index in [-0.39, 0.29) is 0 Å². The van der Waals surface area contributed by atoms with Crippen molar-refractivity contribution in [3.63, 3.8) is 0 Å². The topological polar surface area (TPSA) is 55.4 Å². The van der Waals surface area contributed by atoms with Gasteiger partial charge in [-0.2, -0.15) is 0 Å². The van der Waals surface area contributed by atoms with E-state index in [1.54, 1.807) is 0 Å². The second-order valence-electron chi connectivity index (χ2n) is 5.61. The maximum Gasteiger partial charge on any atom is 0.231 e. The van der Waals surface area contributed by atoms with Gasteiger partial charge >= 0.3 is 0 Å². The first kappa shape index (κ1) is 12.7. The molecule has 1 atom stereocenters. The number of anilines is 1. The van der Waals surface area contributed by atoms with Gasteiger partial charge in [-0.15, -0.1) is 0 Å². The largest absolute Gasteiger partial charge is 0.454 e. The van der Waals surface area contributed by atoms with Crippen molar-refractivity contribution < 1.29 is 9.47 Å². The molecule has 2 N–H and O–H groups in total. The van der Waals surface area contributed by atoms with Gasteiger partial charge in [-0.25, -0.2) is 4.98 Å². The summed E-state index contributed by atoms with van der Waals surface area (Å²) >= 11 is 0. The molecule has 0 aliphatic carbocycles. The Bertz CT molecular complexity index is 653. The summed E-state index contributed by atoms with van der Waals surface area (Å²) in [6.07, 6.45) is 5.65. The molecule has 1 fully saturated rings. The second kappa shape index (κ2) is 5.41. The normalized spacial score (nSPS) is 20.7. The monoisotopic (exact) mass is 285 g/mol. The number of hydrogen-bond donors (Lipinski definition) is 2. The molecule has 0 amide bonds. The first-order chi connectivity index (χ1) is 10.4. The van der Waals surface area contributed by atoms with E-state index in [1.807, 2.05) is 24.4 Å². The average molecular weight is 285 g/mol. The van der Waals surface area contributed by atoms with Gasteiger partial charge < -0.3 is 20.1 Å². The van der Waals surface area contributed by atoms with E-state index in [0.717, 1.165) is 41.2 Å². The van der Waals surface area contributed by atoms with Gasteiger partial charge in [0.25, 0.3) is 0 Å². The fraction of sp³-hybridized carbons (Fsp3) is 0.438. The molecule has 3 heterocycles. The van der Waals surface area contributed by atoms with E-state index in [4.69, 9.17) is 9.47 Å². The van der Waals surface area contributed by atoms with E-state index in [9.17, 15) is 0 Å². The first-order valence-corrected chi connectivity index (χ1v) is 7.56. The predicted molar refractivity (Wildman–Crippen MR) is 82.0 cm³/mol. The Hall–Kier alpha value is -2.01. The summed E-state index contributed by atoms with van der Waals surface area (Å²) in [6.45, 7) is 2.32. The third-order valence-electron chi connectivity index (χ3n) is 4.19. The molecule has 1 aromatic carbocycles. The van der Waals surface area contributed by atoms with Crippen molar-refractivity contribution in [2.75, 3.05) is 25.2 Å². The molecule has 5 heteroatoms. The molecule has 0 radical (unpaired) electrons. The molecule has 0 bridgehead atoms. The van der Waals surface area contributed by atoms with Crippen LogP contribution in [0.15, 0.2) is 24.4 Å². The van der Waals surface area contributed by atoms with Crippen LogP contribution in [-0.2, 0) is 0 Å². The summed E-state index contributed by atoms with van der Waals surface area (Å²) in [5.74, 6) is 2.53. The van der Waals surface area contributed by atoms with Crippen molar-refractivity contribution in [2.45, 2.75) is 25.3 Å². The summed E-state index contributed by atoms with van der Waals surface area (Å²) in [5.41, 5.74) is 0. The van der Waals surface area contributed by atoms with Gasteiger partial charge in [-0.05, 0) is 43.0 Å². The predicted octanol–water partition coefficient (Wildman–Crippen LogP) is 2.52. The van der Waals surface area contributed by atoms with Gasteiger partial charge in [-0.3, -0.25) is 0 Å². The van der Waals surface area contributed by atoms with Crippen LogP contribution in [0.25, 0.3) is 10.8 Å². The lowest BCUT2D eigenvalue weighted by molar-refractivity contribution is 0.174. The van der Waals surface area contributed by atoms with Crippen LogP contribution in [0, 0.1) is 0 Å². The van der Waals surface area contributed by atoms with Crippen LogP contribution in [-0.4, -0.2) is 30.9 Å². The SMILES string of the molecule is c1cc2cc3c(cc2c(NCC2CCCCN2)n1)OCO3. The molecule has 110 valence electrons. The lowest BCUT2D eigenvalue weighted by Gasteiger charge is -2.24. The summed E-state index contributed by atoms with van der Waals surface area (Å²) < 4.78 is 10.9. The van der Waals surface area contributed by atoms with Crippen molar-refractivity contribution in [3.8, 4) is 11.5 Å². The Kier molecular flexibility index (Phi) is 3.27. The zero-order valence-corrected chi connectivity index (χ0v) is 11.9. The van der Waals surface area contributed by atoms with Gasteiger partial charge in [0.2, 0.25) is 6.79 Å². The standard InChI is InChI=1S/C16H19N3O2/c1-2-5-17-12(3-1)9-19-16-13-8-15-14(20-10-21-15)7-11(13)4-6-18-16/h4,6-8,12,17H,1-3,5,9-10H2,(H,18,19). The van der Waals surface area contributed by atoms with Crippen LogP contribution in [0.3, 0.4) is 0 Å². The number of fused-ring (bicyclic) bond motifs is 2. The highest BCUT2D eigenvalue weighted by molar-refractivity contribution is 5.94. The molecule has 1 unspecified atom stereocenters. The number of hydrogen-bond acceptors (Lipinski definition) is 5. The van der Waals surface area contributed by atoms with Crippen molar-refractivity contribution in [1.82, 2.24) is 10.3 Å². The molecule has 2 aliphatic heterocycles. The third-order valence-corrected chi connectivity index (χ3v) is 4.19. The molecule has 4 rings (SSSR count). The van der Waals surface area contributed by atoms with Crippen LogP contribution in [0.2, 0.25) is 0 Å². The maximum atomic E-state index is 5.47.